The number of benzene rings is 3. The Morgan fingerprint density at radius 2 is 1.73 bits per heavy atom. The van der Waals surface area contributed by atoms with Crippen molar-refractivity contribution in [1.82, 2.24) is 0 Å². The summed E-state index contributed by atoms with van der Waals surface area (Å²) in [5.74, 6) is -0.470. The third-order valence-electron chi connectivity index (χ3n) is 4.74. The van der Waals surface area contributed by atoms with Gasteiger partial charge in [-0.3, -0.25) is 4.79 Å². The Balaban J connectivity index is 1.84. The van der Waals surface area contributed by atoms with E-state index in [9.17, 15) is 9.59 Å². The number of aryl methyl sites for hydroxylation is 1. The van der Waals surface area contributed by atoms with Crippen molar-refractivity contribution in [2.24, 2.45) is 0 Å². The summed E-state index contributed by atoms with van der Waals surface area (Å²) in [6.07, 6.45) is 0. The van der Waals surface area contributed by atoms with Gasteiger partial charge in [0, 0.05) is 11.1 Å². The van der Waals surface area contributed by atoms with E-state index in [4.69, 9.17) is 4.42 Å². The van der Waals surface area contributed by atoms with Gasteiger partial charge in [0.1, 0.15) is 11.1 Å². The van der Waals surface area contributed by atoms with Crippen LogP contribution in [0.2, 0.25) is 0 Å². The molecule has 1 N–H and O–H groups in total. The van der Waals surface area contributed by atoms with E-state index in [0.29, 0.717) is 11.3 Å². The molecule has 3 aromatic carbocycles. The fourth-order valence-corrected chi connectivity index (χ4v) is 3.11. The number of carbonyl (C=O) groups excluding carboxylic acids is 1. The van der Waals surface area contributed by atoms with Gasteiger partial charge in [-0.25, -0.2) is 4.79 Å². The lowest BCUT2D eigenvalue weighted by Gasteiger charge is -2.10. The van der Waals surface area contributed by atoms with E-state index in [1.807, 2.05) is 62.4 Å². The van der Waals surface area contributed by atoms with Crippen LogP contribution in [0.1, 0.15) is 21.5 Å². The summed E-state index contributed by atoms with van der Waals surface area (Å²) in [4.78, 5) is 25.0. The first-order chi connectivity index (χ1) is 12.5. The monoisotopic (exact) mass is 343 g/mol. The minimum absolute atomic E-state index is 0.00485. The molecule has 4 nitrogen and oxygen atoms in total. The Morgan fingerprint density at radius 1 is 0.923 bits per heavy atom. The summed E-state index contributed by atoms with van der Waals surface area (Å²) < 4.78 is 5.40. The molecular weight excluding hydrogens is 326 g/mol. The smallest absolute Gasteiger partial charge is 0.349 e. The SMILES string of the molecule is Cc1cccc(NC(=O)c2cc3c(ccc4ccccc43)oc2=O)c1C. The molecule has 26 heavy (non-hydrogen) atoms. The quantitative estimate of drug-likeness (QED) is 0.419. The predicted octanol–water partition coefficient (Wildman–Crippen LogP) is 4.82. The van der Waals surface area contributed by atoms with Gasteiger partial charge in [-0.05, 0) is 53.9 Å². The van der Waals surface area contributed by atoms with Crippen molar-refractivity contribution in [3.8, 4) is 0 Å². The zero-order chi connectivity index (χ0) is 18.3. The minimum atomic E-state index is -0.643. The van der Waals surface area contributed by atoms with Gasteiger partial charge in [0.15, 0.2) is 0 Å². The van der Waals surface area contributed by atoms with Crippen molar-refractivity contribution in [1.29, 1.82) is 0 Å². The van der Waals surface area contributed by atoms with Gasteiger partial charge >= 0.3 is 5.63 Å². The first-order valence-electron chi connectivity index (χ1n) is 8.38. The number of hydrogen-bond acceptors (Lipinski definition) is 3. The van der Waals surface area contributed by atoms with Gasteiger partial charge in [0.05, 0.1) is 0 Å². The number of rotatable bonds is 2. The maximum absolute atomic E-state index is 12.7. The van der Waals surface area contributed by atoms with E-state index >= 15 is 0 Å². The molecule has 128 valence electrons. The Hall–Kier alpha value is -3.40. The number of hydrogen-bond donors (Lipinski definition) is 1. The van der Waals surface area contributed by atoms with Crippen LogP contribution in [0, 0.1) is 13.8 Å². The highest BCUT2D eigenvalue weighted by atomic mass is 16.4. The molecule has 0 saturated carbocycles. The second-order valence-electron chi connectivity index (χ2n) is 6.35. The van der Waals surface area contributed by atoms with Crippen LogP contribution in [0.15, 0.2) is 69.9 Å². The third kappa shape index (κ3) is 2.65. The third-order valence-corrected chi connectivity index (χ3v) is 4.74. The van der Waals surface area contributed by atoms with Crippen LogP contribution < -0.4 is 10.9 Å². The van der Waals surface area contributed by atoms with Crippen LogP contribution in [-0.4, -0.2) is 5.91 Å². The van der Waals surface area contributed by atoms with Crippen molar-refractivity contribution in [3.05, 3.63) is 87.8 Å². The molecule has 0 aliphatic heterocycles. The van der Waals surface area contributed by atoms with Crippen molar-refractivity contribution in [3.63, 3.8) is 0 Å². The van der Waals surface area contributed by atoms with Crippen molar-refractivity contribution < 1.29 is 9.21 Å². The predicted molar refractivity (Wildman–Crippen MR) is 104 cm³/mol. The second-order valence-corrected chi connectivity index (χ2v) is 6.35. The van der Waals surface area contributed by atoms with Gasteiger partial charge in [0.25, 0.3) is 5.91 Å². The van der Waals surface area contributed by atoms with Crippen molar-refractivity contribution >= 4 is 33.3 Å². The molecule has 0 atom stereocenters. The Labute approximate surface area is 150 Å². The summed E-state index contributed by atoms with van der Waals surface area (Å²) in [5.41, 5.74) is 2.55. The Morgan fingerprint density at radius 3 is 2.58 bits per heavy atom. The van der Waals surface area contributed by atoms with Crippen LogP contribution in [0.4, 0.5) is 5.69 Å². The summed E-state index contributed by atoms with van der Waals surface area (Å²) in [6.45, 7) is 3.91. The number of nitrogens with one attached hydrogen (secondary N) is 1. The number of anilines is 1. The molecule has 1 heterocycles. The summed E-state index contributed by atoms with van der Waals surface area (Å²) >= 11 is 0. The number of amides is 1. The summed E-state index contributed by atoms with van der Waals surface area (Å²) in [6, 6.07) is 18.7. The average Bonchev–Trinajstić information content (AvgIpc) is 2.64. The molecular formula is C22H17NO3. The molecule has 0 saturated heterocycles. The lowest BCUT2D eigenvalue weighted by molar-refractivity contribution is 0.102. The Bertz CT molecular complexity index is 1220. The highest BCUT2D eigenvalue weighted by molar-refractivity contribution is 6.10. The minimum Gasteiger partial charge on any atom is -0.422 e. The maximum Gasteiger partial charge on any atom is 0.349 e. The van der Waals surface area contributed by atoms with Crippen molar-refractivity contribution in [2.45, 2.75) is 13.8 Å². The van der Waals surface area contributed by atoms with E-state index < -0.39 is 11.5 Å². The highest BCUT2D eigenvalue weighted by Crippen LogP contribution is 2.25. The molecule has 4 rings (SSSR count). The molecule has 4 aromatic rings. The second kappa shape index (κ2) is 6.15. The molecule has 0 fully saturated rings. The van der Waals surface area contributed by atoms with Gasteiger partial charge in [-0.1, -0.05) is 42.5 Å². The average molecular weight is 343 g/mol. The highest BCUT2D eigenvalue weighted by Gasteiger charge is 2.16. The fraction of sp³-hybridized carbons (Fsp3) is 0.0909. The molecule has 0 radical (unpaired) electrons. The van der Waals surface area contributed by atoms with E-state index in [-0.39, 0.29) is 5.56 Å². The first-order valence-corrected chi connectivity index (χ1v) is 8.38. The van der Waals surface area contributed by atoms with E-state index in [0.717, 1.165) is 27.3 Å². The van der Waals surface area contributed by atoms with Gasteiger partial charge < -0.3 is 9.73 Å². The molecule has 1 amide bonds. The molecule has 0 spiro atoms. The van der Waals surface area contributed by atoms with Crippen LogP contribution in [0.25, 0.3) is 21.7 Å². The lowest BCUT2D eigenvalue weighted by atomic mass is 10.0. The van der Waals surface area contributed by atoms with Crippen LogP contribution in [0.5, 0.6) is 0 Å². The van der Waals surface area contributed by atoms with Gasteiger partial charge in [-0.15, -0.1) is 0 Å². The molecule has 0 aliphatic rings. The molecule has 0 aliphatic carbocycles. The Kier molecular flexibility index (Phi) is 3.81. The molecule has 0 bridgehead atoms. The molecule has 4 heteroatoms. The topological polar surface area (TPSA) is 59.3 Å². The van der Waals surface area contributed by atoms with Crippen LogP contribution in [-0.2, 0) is 0 Å². The number of carbonyl (C=O) groups is 1. The first kappa shape index (κ1) is 16.1. The van der Waals surface area contributed by atoms with Gasteiger partial charge in [0.2, 0.25) is 0 Å². The standard InChI is InChI=1S/C22H17NO3/c1-13-6-5-9-19(14(13)2)23-21(24)18-12-17-16-8-4-3-7-15(16)10-11-20(17)26-22(18)25/h3-12H,1-2H3,(H,23,24). The zero-order valence-corrected chi connectivity index (χ0v) is 14.5. The summed E-state index contributed by atoms with van der Waals surface area (Å²) in [7, 11) is 0. The van der Waals surface area contributed by atoms with E-state index in [1.165, 1.54) is 0 Å². The van der Waals surface area contributed by atoms with E-state index in [1.54, 1.807) is 12.1 Å². The van der Waals surface area contributed by atoms with Gasteiger partial charge in [-0.2, -0.15) is 0 Å². The summed E-state index contributed by atoms with van der Waals surface area (Å²) in [5, 5.41) is 5.53. The number of fused-ring (bicyclic) bond motifs is 3. The zero-order valence-electron chi connectivity index (χ0n) is 14.5. The lowest BCUT2D eigenvalue weighted by Crippen LogP contribution is -2.21. The largest absolute Gasteiger partial charge is 0.422 e. The molecule has 1 aromatic heterocycles. The van der Waals surface area contributed by atoms with Crippen LogP contribution in [0.3, 0.4) is 0 Å². The normalized spacial score (nSPS) is 11.0. The van der Waals surface area contributed by atoms with Crippen molar-refractivity contribution in [2.75, 3.05) is 5.32 Å². The molecule has 0 unspecified atom stereocenters. The fourth-order valence-electron chi connectivity index (χ4n) is 3.11. The maximum atomic E-state index is 12.7. The van der Waals surface area contributed by atoms with E-state index in [2.05, 4.69) is 5.32 Å². The van der Waals surface area contributed by atoms with Crippen LogP contribution >= 0.6 is 0 Å².